The molecule has 3 heteroatoms. The quantitative estimate of drug-likeness (QED) is 0.768. The van der Waals surface area contributed by atoms with Gasteiger partial charge in [0.2, 0.25) is 0 Å². The fraction of sp³-hybridized carbons (Fsp3) is 0.600. The molecule has 1 aromatic rings. The van der Waals surface area contributed by atoms with Crippen molar-refractivity contribution in [3.63, 3.8) is 0 Å². The first-order chi connectivity index (χ1) is 8.77. The third-order valence-electron chi connectivity index (χ3n) is 3.89. The maximum Gasteiger partial charge on any atom is 0.166 e. The molecule has 0 saturated heterocycles. The summed E-state index contributed by atoms with van der Waals surface area (Å²) in [7, 11) is 0. The molecule has 0 spiro atoms. The van der Waals surface area contributed by atoms with Gasteiger partial charge in [0, 0.05) is 5.56 Å². The van der Waals surface area contributed by atoms with E-state index in [1.165, 1.54) is 5.56 Å². The van der Waals surface area contributed by atoms with Crippen LogP contribution < -0.4 is 10.2 Å². The lowest BCUT2D eigenvalue weighted by atomic mass is 9.94. The minimum atomic E-state index is -0.00435. The molecule has 0 unspecified atom stereocenters. The van der Waals surface area contributed by atoms with Crippen LogP contribution in [0.4, 0.5) is 4.39 Å². The van der Waals surface area contributed by atoms with E-state index in [2.05, 4.69) is 25.2 Å². The molecule has 0 aliphatic carbocycles. The van der Waals surface area contributed by atoms with E-state index in [0.29, 0.717) is 6.04 Å². The third kappa shape index (κ3) is 2.73. The number of hydrogen-bond acceptors (Lipinski definition) is 0. The SMILES string of the molecule is CCC[NH+](CCC)[C@@H]1C[NH2+]Cc2cccc(F)c21. The number of halogens is 1. The lowest BCUT2D eigenvalue weighted by molar-refractivity contribution is -0.948. The third-order valence-corrected chi connectivity index (χ3v) is 3.89. The van der Waals surface area contributed by atoms with Crippen molar-refractivity contribution >= 4 is 0 Å². The van der Waals surface area contributed by atoms with Crippen molar-refractivity contribution in [1.82, 2.24) is 0 Å². The monoisotopic (exact) mass is 252 g/mol. The molecule has 0 saturated carbocycles. The molecule has 18 heavy (non-hydrogen) atoms. The largest absolute Gasteiger partial charge is 0.337 e. The number of hydrogen-bond donors (Lipinski definition) is 2. The molecule has 0 aromatic heterocycles. The lowest BCUT2D eigenvalue weighted by Gasteiger charge is -2.31. The minimum Gasteiger partial charge on any atom is -0.337 e. The van der Waals surface area contributed by atoms with E-state index in [-0.39, 0.29) is 5.82 Å². The Bertz CT molecular complexity index is 386. The Kier molecular flexibility index (Phi) is 4.72. The molecular weight excluding hydrogens is 227 g/mol. The van der Waals surface area contributed by atoms with E-state index in [0.717, 1.165) is 44.6 Å². The summed E-state index contributed by atoms with van der Waals surface area (Å²) in [6.45, 7) is 8.65. The summed E-state index contributed by atoms with van der Waals surface area (Å²) in [5, 5.41) is 2.32. The van der Waals surface area contributed by atoms with Gasteiger partial charge in [-0.05, 0) is 18.9 Å². The Morgan fingerprint density at radius 2 is 2.00 bits per heavy atom. The van der Waals surface area contributed by atoms with E-state index < -0.39 is 0 Å². The van der Waals surface area contributed by atoms with Crippen LogP contribution in [0.5, 0.6) is 0 Å². The Morgan fingerprint density at radius 1 is 1.28 bits per heavy atom. The second-order valence-electron chi connectivity index (χ2n) is 5.25. The highest BCUT2D eigenvalue weighted by Crippen LogP contribution is 2.20. The molecule has 0 amide bonds. The van der Waals surface area contributed by atoms with Gasteiger partial charge in [-0.2, -0.15) is 0 Å². The van der Waals surface area contributed by atoms with Crippen molar-refractivity contribution in [3.8, 4) is 0 Å². The van der Waals surface area contributed by atoms with Crippen molar-refractivity contribution in [2.75, 3.05) is 19.6 Å². The molecule has 1 atom stereocenters. The molecule has 0 radical (unpaired) electrons. The molecular formula is C15H25FN2+2. The van der Waals surface area contributed by atoms with Gasteiger partial charge in [-0.15, -0.1) is 0 Å². The van der Waals surface area contributed by atoms with E-state index in [1.807, 2.05) is 6.07 Å². The second-order valence-corrected chi connectivity index (χ2v) is 5.25. The smallest absolute Gasteiger partial charge is 0.166 e. The maximum atomic E-state index is 14.1. The van der Waals surface area contributed by atoms with Crippen LogP contribution in [0.2, 0.25) is 0 Å². The maximum absolute atomic E-state index is 14.1. The van der Waals surface area contributed by atoms with Crippen molar-refractivity contribution in [1.29, 1.82) is 0 Å². The van der Waals surface area contributed by atoms with E-state index >= 15 is 0 Å². The molecule has 3 N–H and O–H groups in total. The molecule has 1 aliphatic rings. The fourth-order valence-corrected chi connectivity index (χ4v) is 3.16. The van der Waals surface area contributed by atoms with Gasteiger partial charge in [-0.1, -0.05) is 26.0 Å². The predicted molar refractivity (Wildman–Crippen MR) is 70.9 cm³/mol. The molecule has 0 bridgehead atoms. The number of nitrogens with one attached hydrogen (secondary N) is 1. The Morgan fingerprint density at radius 3 is 2.67 bits per heavy atom. The van der Waals surface area contributed by atoms with Gasteiger partial charge in [-0.3, -0.25) is 0 Å². The molecule has 1 aliphatic heterocycles. The lowest BCUT2D eigenvalue weighted by Crippen LogP contribution is -3.15. The second kappa shape index (κ2) is 6.30. The summed E-state index contributed by atoms with van der Waals surface area (Å²) in [6, 6.07) is 5.86. The van der Waals surface area contributed by atoms with Crippen LogP contribution in [0.15, 0.2) is 18.2 Å². The van der Waals surface area contributed by atoms with Crippen molar-refractivity contribution in [3.05, 3.63) is 35.1 Å². The zero-order valence-electron chi connectivity index (χ0n) is 11.5. The van der Waals surface area contributed by atoms with Crippen molar-refractivity contribution in [2.24, 2.45) is 0 Å². The topological polar surface area (TPSA) is 21.1 Å². The van der Waals surface area contributed by atoms with Gasteiger partial charge in [-0.25, -0.2) is 4.39 Å². The molecule has 1 heterocycles. The average Bonchev–Trinajstić information content (AvgIpc) is 2.38. The van der Waals surface area contributed by atoms with Gasteiger partial charge >= 0.3 is 0 Å². The Labute approximate surface area is 109 Å². The van der Waals surface area contributed by atoms with E-state index in [9.17, 15) is 4.39 Å². The fourth-order valence-electron chi connectivity index (χ4n) is 3.16. The zero-order valence-corrected chi connectivity index (χ0v) is 11.5. The highest BCUT2D eigenvalue weighted by atomic mass is 19.1. The van der Waals surface area contributed by atoms with Crippen LogP contribution in [0.3, 0.4) is 0 Å². The minimum absolute atomic E-state index is 0.00435. The number of nitrogens with two attached hydrogens (primary N) is 1. The first-order valence-electron chi connectivity index (χ1n) is 7.21. The van der Waals surface area contributed by atoms with Crippen LogP contribution >= 0.6 is 0 Å². The molecule has 100 valence electrons. The van der Waals surface area contributed by atoms with Gasteiger partial charge in [0.05, 0.1) is 18.7 Å². The summed E-state index contributed by atoms with van der Waals surface area (Å²) >= 11 is 0. The number of rotatable bonds is 5. The van der Waals surface area contributed by atoms with Crippen LogP contribution in [-0.4, -0.2) is 19.6 Å². The van der Waals surface area contributed by atoms with Gasteiger partial charge in [0.1, 0.15) is 18.9 Å². The predicted octanol–water partition coefficient (Wildman–Crippen LogP) is 0.649. The normalized spacial score (nSPS) is 19.0. The Balaban J connectivity index is 2.29. The Hall–Kier alpha value is -0.930. The first kappa shape index (κ1) is 13.5. The van der Waals surface area contributed by atoms with Crippen LogP contribution in [-0.2, 0) is 6.54 Å². The van der Waals surface area contributed by atoms with Gasteiger partial charge in [0.25, 0.3) is 0 Å². The van der Waals surface area contributed by atoms with Crippen LogP contribution in [0.1, 0.15) is 43.9 Å². The molecule has 0 fully saturated rings. The number of quaternary nitrogens is 2. The van der Waals surface area contributed by atoms with E-state index in [1.54, 1.807) is 11.0 Å². The number of fused-ring (bicyclic) bond motifs is 1. The summed E-state index contributed by atoms with van der Waals surface area (Å²) < 4.78 is 14.1. The first-order valence-corrected chi connectivity index (χ1v) is 7.21. The van der Waals surface area contributed by atoms with Crippen LogP contribution in [0.25, 0.3) is 0 Å². The molecule has 2 nitrogen and oxygen atoms in total. The zero-order chi connectivity index (χ0) is 13.0. The summed E-state index contributed by atoms with van der Waals surface area (Å²) in [5.41, 5.74) is 2.17. The molecule has 1 aromatic carbocycles. The van der Waals surface area contributed by atoms with Gasteiger partial charge < -0.3 is 10.2 Å². The number of benzene rings is 1. The highest BCUT2D eigenvalue weighted by Gasteiger charge is 2.33. The van der Waals surface area contributed by atoms with Gasteiger partial charge in [0.15, 0.2) is 6.04 Å². The van der Waals surface area contributed by atoms with E-state index in [4.69, 9.17) is 0 Å². The molecule has 2 rings (SSSR count). The van der Waals surface area contributed by atoms with Crippen LogP contribution in [0, 0.1) is 5.82 Å². The van der Waals surface area contributed by atoms with Crippen molar-refractivity contribution < 1.29 is 14.6 Å². The highest BCUT2D eigenvalue weighted by molar-refractivity contribution is 5.30. The summed E-state index contributed by atoms with van der Waals surface area (Å²) in [6.07, 6.45) is 2.32. The summed E-state index contributed by atoms with van der Waals surface area (Å²) in [4.78, 5) is 1.54. The standard InChI is InChI=1S/C15H23FN2/c1-3-8-18(9-4-2)14-11-17-10-12-6-5-7-13(16)15(12)14/h5-7,14,17H,3-4,8-11H2,1-2H3/p+2/t14-/m1/s1. The van der Waals surface area contributed by atoms with Crippen molar-refractivity contribution in [2.45, 2.75) is 39.3 Å². The average molecular weight is 252 g/mol. The summed E-state index contributed by atoms with van der Waals surface area (Å²) in [5.74, 6) is -0.00435.